The van der Waals surface area contributed by atoms with E-state index in [1.165, 1.54) is 12.3 Å². The number of nitrogens with one attached hydrogen (secondary N) is 1. The van der Waals surface area contributed by atoms with E-state index in [2.05, 4.69) is 17.2 Å². The molecule has 0 saturated heterocycles. The number of methoxy groups -OCH3 is 1. The van der Waals surface area contributed by atoms with Gasteiger partial charge in [0.05, 0.1) is 25.0 Å². The van der Waals surface area contributed by atoms with Gasteiger partial charge < -0.3 is 10.1 Å². The number of benzene rings is 1. The summed E-state index contributed by atoms with van der Waals surface area (Å²) >= 11 is 0. The molecule has 4 heteroatoms. The van der Waals surface area contributed by atoms with Crippen molar-refractivity contribution in [3.63, 3.8) is 0 Å². The van der Waals surface area contributed by atoms with Crippen LogP contribution in [0.3, 0.4) is 0 Å². The van der Waals surface area contributed by atoms with Gasteiger partial charge in [-0.25, -0.2) is 4.39 Å². The molecule has 2 rings (SSSR count). The number of ether oxygens (including phenoxy) is 1. The number of halogens is 1. The van der Waals surface area contributed by atoms with E-state index in [1.807, 2.05) is 24.3 Å². The average Bonchev–Trinajstić information content (AvgIpc) is 2.46. The molecule has 1 atom stereocenters. The van der Waals surface area contributed by atoms with E-state index in [0.29, 0.717) is 0 Å². The minimum Gasteiger partial charge on any atom is -0.497 e. The topological polar surface area (TPSA) is 34.1 Å². The highest BCUT2D eigenvalue weighted by Crippen LogP contribution is 2.23. The van der Waals surface area contributed by atoms with Gasteiger partial charge >= 0.3 is 0 Å². The molecule has 0 aliphatic heterocycles. The summed E-state index contributed by atoms with van der Waals surface area (Å²) < 4.78 is 18.1. The van der Waals surface area contributed by atoms with Crippen LogP contribution in [0.4, 0.5) is 10.1 Å². The van der Waals surface area contributed by atoms with Crippen LogP contribution in [-0.4, -0.2) is 12.1 Å². The Morgan fingerprint density at radius 1 is 1.32 bits per heavy atom. The second kappa shape index (κ2) is 6.18. The van der Waals surface area contributed by atoms with E-state index in [4.69, 9.17) is 4.74 Å². The van der Waals surface area contributed by atoms with Gasteiger partial charge in [-0.3, -0.25) is 4.98 Å². The van der Waals surface area contributed by atoms with Gasteiger partial charge in [0, 0.05) is 11.8 Å². The summed E-state index contributed by atoms with van der Waals surface area (Å²) in [6.07, 6.45) is 2.10. The molecule has 0 spiro atoms. The van der Waals surface area contributed by atoms with Crippen molar-refractivity contribution in [2.24, 2.45) is 0 Å². The van der Waals surface area contributed by atoms with Gasteiger partial charge in [-0.05, 0) is 30.7 Å². The fourth-order valence-electron chi connectivity index (χ4n) is 1.89. The van der Waals surface area contributed by atoms with E-state index in [1.54, 1.807) is 13.2 Å². The van der Waals surface area contributed by atoms with Gasteiger partial charge in [-0.15, -0.1) is 0 Å². The molecular formula is C15H17FN2O. The lowest BCUT2D eigenvalue weighted by atomic mass is 10.1. The predicted octanol–water partition coefficient (Wildman–Crippen LogP) is 3.79. The molecule has 19 heavy (non-hydrogen) atoms. The van der Waals surface area contributed by atoms with Gasteiger partial charge in [0.2, 0.25) is 0 Å². The molecule has 0 fully saturated rings. The summed E-state index contributed by atoms with van der Waals surface area (Å²) in [6, 6.07) is 10.9. The quantitative estimate of drug-likeness (QED) is 0.888. The van der Waals surface area contributed by atoms with Crippen molar-refractivity contribution in [2.75, 3.05) is 12.4 Å². The van der Waals surface area contributed by atoms with Gasteiger partial charge in [0.15, 0.2) is 0 Å². The van der Waals surface area contributed by atoms with E-state index in [9.17, 15) is 4.39 Å². The summed E-state index contributed by atoms with van der Waals surface area (Å²) in [5.74, 6) is 0.479. The Kier molecular flexibility index (Phi) is 4.34. The summed E-state index contributed by atoms with van der Waals surface area (Å²) in [6.45, 7) is 2.06. The lowest BCUT2D eigenvalue weighted by Gasteiger charge is -2.18. The molecule has 0 aliphatic carbocycles. The number of aromatic nitrogens is 1. The fraction of sp³-hybridized carbons (Fsp3) is 0.267. The van der Waals surface area contributed by atoms with Crippen molar-refractivity contribution < 1.29 is 9.13 Å². The maximum Gasteiger partial charge on any atom is 0.141 e. The van der Waals surface area contributed by atoms with Crippen molar-refractivity contribution in [3.8, 4) is 5.75 Å². The molecule has 0 bridgehead atoms. The van der Waals surface area contributed by atoms with Gasteiger partial charge in [-0.2, -0.15) is 0 Å². The Morgan fingerprint density at radius 2 is 2.16 bits per heavy atom. The molecule has 0 amide bonds. The van der Waals surface area contributed by atoms with Crippen molar-refractivity contribution in [2.45, 2.75) is 19.4 Å². The normalized spacial score (nSPS) is 11.9. The molecule has 100 valence electrons. The van der Waals surface area contributed by atoms with Crippen LogP contribution in [0.25, 0.3) is 0 Å². The molecule has 1 N–H and O–H groups in total. The van der Waals surface area contributed by atoms with E-state index in [0.717, 1.165) is 23.6 Å². The van der Waals surface area contributed by atoms with Gasteiger partial charge in [-0.1, -0.05) is 13.0 Å². The van der Waals surface area contributed by atoms with Crippen LogP contribution in [0.5, 0.6) is 5.75 Å². The van der Waals surface area contributed by atoms with Crippen molar-refractivity contribution in [3.05, 3.63) is 54.1 Å². The van der Waals surface area contributed by atoms with Crippen LogP contribution in [0.15, 0.2) is 42.6 Å². The zero-order valence-electron chi connectivity index (χ0n) is 11.1. The Labute approximate surface area is 112 Å². The van der Waals surface area contributed by atoms with Crippen LogP contribution in [-0.2, 0) is 0 Å². The van der Waals surface area contributed by atoms with Crippen LogP contribution >= 0.6 is 0 Å². The Morgan fingerprint density at radius 3 is 2.79 bits per heavy atom. The van der Waals surface area contributed by atoms with Crippen molar-refractivity contribution in [1.29, 1.82) is 0 Å². The third-order valence-electron chi connectivity index (χ3n) is 2.93. The Balaban J connectivity index is 2.16. The molecule has 1 unspecified atom stereocenters. The largest absolute Gasteiger partial charge is 0.497 e. The minimum absolute atomic E-state index is 0.0488. The first-order valence-corrected chi connectivity index (χ1v) is 6.25. The maximum absolute atomic E-state index is 12.9. The van der Waals surface area contributed by atoms with Crippen LogP contribution < -0.4 is 10.1 Å². The monoisotopic (exact) mass is 260 g/mol. The van der Waals surface area contributed by atoms with Crippen molar-refractivity contribution in [1.82, 2.24) is 4.98 Å². The van der Waals surface area contributed by atoms with Crippen LogP contribution in [0.1, 0.15) is 25.1 Å². The number of rotatable bonds is 5. The lowest BCUT2D eigenvalue weighted by Crippen LogP contribution is -2.11. The first-order valence-electron chi connectivity index (χ1n) is 6.25. The molecule has 1 aromatic heterocycles. The third kappa shape index (κ3) is 3.44. The predicted molar refractivity (Wildman–Crippen MR) is 73.8 cm³/mol. The van der Waals surface area contributed by atoms with E-state index >= 15 is 0 Å². The van der Waals surface area contributed by atoms with Crippen LogP contribution in [0.2, 0.25) is 0 Å². The highest BCUT2D eigenvalue weighted by Gasteiger charge is 2.10. The molecule has 0 aliphatic rings. The minimum atomic E-state index is -0.319. The summed E-state index contributed by atoms with van der Waals surface area (Å²) in [4.78, 5) is 4.12. The molecule has 0 radical (unpaired) electrons. The molecule has 3 nitrogen and oxygen atoms in total. The van der Waals surface area contributed by atoms with Crippen molar-refractivity contribution >= 4 is 5.69 Å². The molecule has 1 heterocycles. The molecule has 2 aromatic rings. The van der Waals surface area contributed by atoms with Gasteiger partial charge in [0.1, 0.15) is 11.6 Å². The standard InChI is InChI=1S/C15H17FN2O/c1-3-14(15-8-7-11(16)10-17-15)18-12-5-4-6-13(9-12)19-2/h4-10,14,18H,3H2,1-2H3. The SMILES string of the molecule is CCC(Nc1cccc(OC)c1)c1ccc(F)cn1. The summed E-state index contributed by atoms with van der Waals surface area (Å²) in [7, 11) is 1.64. The number of hydrogen-bond acceptors (Lipinski definition) is 3. The lowest BCUT2D eigenvalue weighted by molar-refractivity contribution is 0.415. The summed E-state index contributed by atoms with van der Waals surface area (Å²) in [5, 5.41) is 3.37. The highest BCUT2D eigenvalue weighted by atomic mass is 19.1. The summed E-state index contributed by atoms with van der Waals surface area (Å²) in [5.41, 5.74) is 1.78. The Hall–Kier alpha value is -2.10. The smallest absolute Gasteiger partial charge is 0.141 e. The van der Waals surface area contributed by atoms with E-state index in [-0.39, 0.29) is 11.9 Å². The van der Waals surface area contributed by atoms with Gasteiger partial charge in [0.25, 0.3) is 0 Å². The second-order valence-electron chi connectivity index (χ2n) is 4.24. The van der Waals surface area contributed by atoms with E-state index < -0.39 is 0 Å². The zero-order chi connectivity index (χ0) is 13.7. The third-order valence-corrected chi connectivity index (χ3v) is 2.93. The molecule has 0 saturated carbocycles. The average molecular weight is 260 g/mol. The fourth-order valence-corrected chi connectivity index (χ4v) is 1.89. The maximum atomic E-state index is 12.9. The Bertz CT molecular complexity index is 528. The first kappa shape index (κ1) is 13.3. The number of hydrogen-bond donors (Lipinski definition) is 1. The first-order chi connectivity index (χ1) is 9.22. The second-order valence-corrected chi connectivity index (χ2v) is 4.24. The zero-order valence-corrected chi connectivity index (χ0v) is 11.1. The molecule has 1 aromatic carbocycles. The number of pyridine rings is 1. The molecular weight excluding hydrogens is 243 g/mol. The number of anilines is 1. The highest BCUT2D eigenvalue weighted by molar-refractivity contribution is 5.49. The van der Waals surface area contributed by atoms with Crippen LogP contribution in [0, 0.1) is 5.82 Å². The number of nitrogens with zero attached hydrogens (tertiary/aromatic N) is 1.